The quantitative estimate of drug-likeness (QED) is 0.433. The predicted octanol–water partition coefficient (Wildman–Crippen LogP) is 6.00. The Morgan fingerprint density at radius 2 is 1.31 bits per heavy atom. The van der Waals surface area contributed by atoms with Crippen LogP contribution in [0.3, 0.4) is 0 Å². The lowest BCUT2D eigenvalue weighted by Crippen LogP contribution is -2.22. The van der Waals surface area contributed by atoms with E-state index in [-0.39, 0.29) is 29.3 Å². The van der Waals surface area contributed by atoms with E-state index >= 15 is 0 Å². The van der Waals surface area contributed by atoms with Crippen molar-refractivity contribution in [2.75, 3.05) is 0 Å². The van der Waals surface area contributed by atoms with E-state index in [0.717, 1.165) is 5.57 Å². The van der Waals surface area contributed by atoms with Gasteiger partial charge in [0.05, 0.1) is 0 Å². The Balaban J connectivity index is 2.36. The highest BCUT2D eigenvalue weighted by Crippen LogP contribution is 2.30. The number of carbonyl (C=O) groups excluding carboxylic acids is 2. The lowest BCUT2D eigenvalue weighted by atomic mass is 9.79. The molecule has 0 aliphatic carbocycles. The van der Waals surface area contributed by atoms with Crippen molar-refractivity contribution in [1.29, 1.82) is 0 Å². The van der Waals surface area contributed by atoms with Gasteiger partial charge in [0, 0.05) is 23.1 Å². The van der Waals surface area contributed by atoms with Gasteiger partial charge in [-0.2, -0.15) is 0 Å². The number of benzene rings is 2. The summed E-state index contributed by atoms with van der Waals surface area (Å²) in [7, 11) is 0. The topological polar surface area (TPSA) is 34.1 Å². The Morgan fingerprint density at radius 1 is 0.808 bits per heavy atom. The van der Waals surface area contributed by atoms with Crippen LogP contribution in [0.15, 0.2) is 72.3 Å². The molecule has 0 aromatic heterocycles. The summed E-state index contributed by atoms with van der Waals surface area (Å²) in [5.41, 5.74) is 2.14. The van der Waals surface area contributed by atoms with Gasteiger partial charge in [0.1, 0.15) is 0 Å². The van der Waals surface area contributed by atoms with Gasteiger partial charge >= 0.3 is 0 Å². The summed E-state index contributed by atoms with van der Waals surface area (Å²) in [6, 6.07) is 18.7. The fourth-order valence-electron chi connectivity index (χ4n) is 3.13. The average Bonchev–Trinajstić information content (AvgIpc) is 2.64. The van der Waals surface area contributed by atoms with Crippen LogP contribution in [0.1, 0.15) is 54.8 Å². The summed E-state index contributed by atoms with van der Waals surface area (Å²) in [5, 5.41) is 0. The number of hydrogen-bond acceptors (Lipinski definition) is 2. The minimum Gasteiger partial charge on any atom is -0.294 e. The largest absolute Gasteiger partial charge is 0.294 e. The maximum atomic E-state index is 13.2. The molecule has 2 aromatic rings. The highest BCUT2D eigenvalue weighted by molar-refractivity contribution is 6.09. The molecular formula is C24H28O2. The molecule has 2 rings (SSSR count). The molecule has 2 nitrogen and oxygen atoms in total. The van der Waals surface area contributed by atoms with Crippen LogP contribution in [0.5, 0.6) is 0 Å². The molecule has 0 aliphatic heterocycles. The van der Waals surface area contributed by atoms with Gasteiger partial charge in [-0.15, -0.1) is 0 Å². The lowest BCUT2D eigenvalue weighted by molar-refractivity contribution is 0.0945. The third-order valence-corrected chi connectivity index (χ3v) is 4.52. The summed E-state index contributed by atoms with van der Waals surface area (Å²) in [6.45, 7) is 8.29. The average molecular weight is 348 g/mol. The molecule has 0 saturated heterocycles. The van der Waals surface area contributed by atoms with Gasteiger partial charge < -0.3 is 0 Å². The third kappa shape index (κ3) is 5.26. The van der Waals surface area contributed by atoms with Gasteiger partial charge in [-0.3, -0.25) is 9.59 Å². The highest BCUT2D eigenvalue weighted by Gasteiger charge is 2.27. The van der Waals surface area contributed by atoms with E-state index in [2.05, 4.69) is 27.7 Å². The van der Waals surface area contributed by atoms with Crippen molar-refractivity contribution < 1.29 is 9.59 Å². The Bertz CT molecular complexity index is 755. The van der Waals surface area contributed by atoms with Crippen molar-refractivity contribution in [2.45, 2.75) is 34.1 Å². The van der Waals surface area contributed by atoms with Crippen LogP contribution in [0.2, 0.25) is 0 Å². The number of ketones is 2. The molecule has 0 heterocycles. The molecule has 1 atom stereocenters. The van der Waals surface area contributed by atoms with Gasteiger partial charge in [0.25, 0.3) is 0 Å². The molecule has 2 heteroatoms. The first-order valence-electron chi connectivity index (χ1n) is 9.29. The van der Waals surface area contributed by atoms with Crippen molar-refractivity contribution >= 4 is 11.6 Å². The molecule has 0 saturated carbocycles. The van der Waals surface area contributed by atoms with Crippen molar-refractivity contribution in [2.24, 2.45) is 17.8 Å². The number of Topliss-reactive ketones (excluding diaryl/α,β-unsaturated/α-hetero) is 2. The summed E-state index contributed by atoms with van der Waals surface area (Å²) in [5.74, 6) is 0.447. The normalized spacial score (nSPS) is 13.1. The minimum atomic E-state index is -0.0992. The number of allylic oxidation sites excluding steroid dienone is 2. The monoisotopic (exact) mass is 348 g/mol. The van der Waals surface area contributed by atoms with Crippen LogP contribution in [0.25, 0.3) is 0 Å². The molecule has 136 valence electrons. The zero-order chi connectivity index (χ0) is 19.1. The van der Waals surface area contributed by atoms with Gasteiger partial charge in [0.2, 0.25) is 0 Å². The van der Waals surface area contributed by atoms with E-state index < -0.39 is 0 Å². The Labute approximate surface area is 157 Å². The van der Waals surface area contributed by atoms with Crippen molar-refractivity contribution in [3.8, 4) is 0 Å². The number of carbonyl (C=O) groups is 2. The SMILES string of the molecule is CC(C)/C=C(\C(=O)c1ccccc1)[C@@H](CC(=O)c1ccccc1)C(C)C. The van der Waals surface area contributed by atoms with Crippen LogP contribution in [0.4, 0.5) is 0 Å². The molecule has 0 N–H and O–H groups in total. The summed E-state index contributed by atoms with van der Waals surface area (Å²) >= 11 is 0. The second-order valence-electron chi connectivity index (χ2n) is 7.41. The van der Waals surface area contributed by atoms with Crippen molar-refractivity contribution in [1.82, 2.24) is 0 Å². The zero-order valence-electron chi connectivity index (χ0n) is 16.1. The lowest BCUT2D eigenvalue weighted by Gasteiger charge is -2.24. The second kappa shape index (κ2) is 9.28. The molecule has 0 amide bonds. The van der Waals surface area contributed by atoms with Crippen LogP contribution in [-0.4, -0.2) is 11.6 Å². The second-order valence-corrected chi connectivity index (χ2v) is 7.41. The first-order chi connectivity index (χ1) is 12.4. The molecule has 0 spiro atoms. The summed E-state index contributed by atoms with van der Waals surface area (Å²) in [6.07, 6.45) is 2.37. The summed E-state index contributed by atoms with van der Waals surface area (Å²) < 4.78 is 0. The van der Waals surface area contributed by atoms with Crippen LogP contribution < -0.4 is 0 Å². The molecule has 0 radical (unpaired) electrons. The Morgan fingerprint density at radius 3 is 1.77 bits per heavy atom. The molecule has 0 unspecified atom stereocenters. The minimum absolute atomic E-state index is 0.0267. The van der Waals surface area contributed by atoms with E-state index in [1.165, 1.54) is 0 Å². The highest BCUT2D eigenvalue weighted by atomic mass is 16.1. The fraction of sp³-hybridized carbons (Fsp3) is 0.333. The van der Waals surface area contributed by atoms with E-state index in [0.29, 0.717) is 17.5 Å². The Kier molecular flexibility index (Phi) is 7.08. The van der Waals surface area contributed by atoms with Gasteiger partial charge in [-0.25, -0.2) is 0 Å². The number of hydrogen-bond donors (Lipinski definition) is 0. The molecule has 0 fully saturated rings. The maximum Gasteiger partial charge on any atom is 0.189 e. The number of rotatable bonds is 8. The van der Waals surface area contributed by atoms with Crippen molar-refractivity contribution in [3.05, 3.63) is 83.4 Å². The van der Waals surface area contributed by atoms with Gasteiger partial charge in [0.15, 0.2) is 11.6 Å². The standard InChI is InChI=1S/C24H28O2/c1-17(2)15-22(24(26)20-13-9-6-10-14-20)21(18(3)4)16-23(25)19-11-7-5-8-12-19/h5-15,17-18,21H,16H2,1-4H3/b22-15-/t21-/m0/s1. The first-order valence-corrected chi connectivity index (χ1v) is 9.29. The van der Waals surface area contributed by atoms with Crippen LogP contribution >= 0.6 is 0 Å². The smallest absolute Gasteiger partial charge is 0.189 e. The maximum absolute atomic E-state index is 13.2. The fourth-order valence-corrected chi connectivity index (χ4v) is 3.13. The van der Waals surface area contributed by atoms with E-state index in [9.17, 15) is 9.59 Å². The molecule has 0 aliphatic rings. The van der Waals surface area contributed by atoms with Crippen LogP contribution in [0, 0.1) is 17.8 Å². The van der Waals surface area contributed by atoms with Crippen LogP contribution in [-0.2, 0) is 0 Å². The third-order valence-electron chi connectivity index (χ3n) is 4.52. The van der Waals surface area contributed by atoms with E-state index in [1.807, 2.05) is 66.7 Å². The van der Waals surface area contributed by atoms with Gasteiger partial charge in [-0.1, -0.05) is 94.4 Å². The van der Waals surface area contributed by atoms with Crippen molar-refractivity contribution in [3.63, 3.8) is 0 Å². The Hall–Kier alpha value is -2.48. The predicted molar refractivity (Wildman–Crippen MR) is 107 cm³/mol. The first kappa shape index (κ1) is 19.8. The van der Waals surface area contributed by atoms with Gasteiger partial charge in [-0.05, 0) is 17.8 Å². The molecule has 0 bridgehead atoms. The van der Waals surface area contributed by atoms with E-state index in [1.54, 1.807) is 0 Å². The molecule has 26 heavy (non-hydrogen) atoms. The summed E-state index contributed by atoms with van der Waals surface area (Å²) in [4.78, 5) is 25.9. The van der Waals surface area contributed by atoms with E-state index in [4.69, 9.17) is 0 Å². The molecule has 2 aromatic carbocycles. The zero-order valence-corrected chi connectivity index (χ0v) is 16.1. The molecular weight excluding hydrogens is 320 g/mol.